The second kappa shape index (κ2) is 12.4. The third-order valence-electron chi connectivity index (χ3n) is 5.95. The number of para-hydroxylation sites is 2. The maximum absolute atomic E-state index is 13.0. The second-order valence-electron chi connectivity index (χ2n) is 9.35. The fourth-order valence-corrected chi connectivity index (χ4v) is 5.07. The van der Waals surface area contributed by atoms with E-state index in [0.717, 1.165) is 5.75 Å². The first kappa shape index (κ1) is 29.9. The molecule has 0 bridgehead atoms. The van der Waals surface area contributed by atoms with E-state index in [2.05, 4.69) is 29.8 Å². The van der Waals surface area contributed by atoms with Crippen LogP contribution in [-0.4, -0.2) is 51.2 Å². The van der Waals surface area contributed by atoms with Crippen molar-refractivity contribution in [1.82, 2.24) is 14.8 Å². The third kappa shape index (κ3) is 8.06. The summed E-state index contributed by atoms with van der Waals surface area (Å²) in [6.45, 7) is 2.44. The van der Waals surface area contributed by atoms with Crippen LogP contribution < -0.4 is 14.4 Å². The van der Waals surface area contributed by atoms with E-state index in [0.29, 0.717) is 34.4 Å². The largest absolute Gasteiger partial charge is 0.573 e. The summed E-state index contributed by atoms with van der Waals surface area (Å²) in [5.41, 5.74) is 2.13. The molecule has 1 aliphatic rings. The highest BCUT2D eigenvalue weighted by Gasteiger charge is 2.34. The molecule has 1 saturated heterocycles. The quantitative estimate of drug-likeness (QED) is 0.123. The molecule has 1 aromatic heterocycles. The van der Waals surface area contributed by atoms with Gasteiger partial charge in [0.1, 0.15) is 12.1 Å². The second-order valence-corrected chi connectivity index (χ2v) is 10.3. The van der Waals surface area contributed by atoms with Crippen molar-refractivity contribution in [2.75, 3.05) is 17.2 Å². The molecule has 1 atom stereocenters. The van der Waals surface area contributed by atoms with Gasteiger partial charge in [0.2, 0.25) is 0 Å². The van der Waals surface area contributed by atoms with Gasteiger partial charge in [0.15, 0.2) is 16.7 Å². The number of hydrogen-bond acceptors (Lipinski definition) is 7. The summed E-state index contributed by atoms with van der Waals surface area (Å²) < 4.78 is 85.6. The molecule has 43 heavy (non-hydrogen) atoms. The lowest BCUT2D eigenvalue weighted by Gasteiger charge is -2.33. The Hall–Kier alpha value is -4.53. The van der Waals surface area contributed by atoms with Crippen LogP contribution in [0.1, 0.15) is 12.5 Å². The standard InChI is InChI=1S/C28H22F6N6O2S/c1-18-15-39(23-4-2-3-5-24(23)42-28(32,33)34)26(43-16-18)37-36-14-19-6-8-20(9-7-19)25-35-17-40(38-25)21-10-12-22(13-11-21)41-27(29,30)31/h2-14,17-18H,15-16H2,1H3/b36-14+,37-26-. The molecule has 15 heteroatoms. The van der Waals surface area contributed by atoms with Crippen molar-refractivity contribution in [3.63, 3.8) is 0 Å². The first-order valence-corrected chi connectivity index (χ1v) is 13.7. The van der Waals surface area contributed by atoms with Crippen LogP contribution in [0.4, 0.5) is 32.0 Å². The van der Waals surface area contributed by atoms with Crippen molar-refractivity contribution >= 4 is 28.8 Å². The Morgan fingerprint density at radius 3 is 2.30 bits per heavy atom. The fraction of sp³-hybridized carbons (Fsp3) is 0.214. The minimum absolute atomic E-state index is 0.194. The third-order valence-corrected chi connectivity index (χ3v) is 7.25. The summed E-state index contributed by atoms with van der Waals surface area (Å²) in [6.07, 6.45) is -6.66. The van der Waals surface area contributed by atoms with Gasteiger partial charge in [0.25, 0.3) is 0 Å². The Morgan fingerprint density at radius 1 is 0.907 bits per heavy atom. The lowest BCUT2D eigenvalue weighted by Crippen LogP contribution is -2.39. The highest BCUT2D eigenvalue weighted by molar-refractivity contribution is 8.14. The number of hydrogen-bond donors (Lipinski definition) is 0. The molecular weight excluding hydrogens is 598 g/mol. The molecule has 3 aromatic carbocycles. The average molecular weight is 621 g/mol. The number of thioether (sulfide) groups is 1. The Labute approximate surface area is 245 Å². The van der Waals surface area contributed by atoms with Crippen LogP contribution in [0.15, 0.2) is 89.3 Å². The lowest BCUT2D eigenvalue weighted by molar-refractivity contribution is -0.275. The monoisotopic (exact) mass is 620 g/mol. The number of halogens is 6. The molecule has 0 N–H and O–H groups in total. The van der Waals surface area contributed by atoms with Gasteiger partial charge >= 0.3 is 12.7 Å². The molecule has 0 saturated carbocycles. The van der Waals surface area contributed by atoms with E-state index in [-0.39, 0.29) is 23.1 Å². The summed E-state index contributed by atoms with van der Waals surface area (Å²) in [5, 5.41) is 13.3. The van der Waals surface area contributed by atoms with E-state index >= 15 is 0 Å². The predicted octanol–water partition coefficient (Wildman–Crippen LogP) is 7.31. The zero-order valence-corrected chi connectivity index (χ0v) is 23.1. The molecule has 4 aromatic rings. The molecule has 0 spiro atoms. The molecular formula is C28H22F6N6O2S. The smallest absolute Gasteiger partial charge is 0.406 e. The maximum atomic E-state index is 13.0. The van der Waals surface area contributed by atoms with E-state index in [1.165, 1.54) is 65.4 Å². The van der Waals surface area contributed by atoms with E-state index in [1.54, 1.807) is 41.3 Å². The highest BCUT2D eigenvalue weighted by Crippen LogP contribution is 2.37. The van der Waals surface area contributed by atoms with Crippen LogP contribution in [-0.2, 0) is 0 Å². The Balaban J connectivity index is 1.28. The SMILES string of the molecule is CC1CS/C(=N\N=C\c2ccc(-c3ncn(-c4ccc(OC(F)(F)F)cc4)n3)cc2)N(c2ccccc2OC(F)(F)F)C1. The molecule has 8 nitrogen and oxygen atoms in total. The highest BCUT2D eigenvalue weighted by atomic mass is 32.2. The number of anilines is 1. The van der Waals surface area contributed by atoms with E-state index in [4.69, 9.17) is 0 Å². The molecule has 1 fully saturated rings. The summed E-state index contributed by atoms with van der Waals surface area (Å²) in [6, 6.07) is 18.2. The van der Waals surface area contributed by atoms with Gasteiger partial charge in [-0.3, -0.25) is 0 Å². The zero-order chi connectivity index (χ0) is 30.6. The number of rotatable bonds is 7. The maximum Gasteiger partial charge on any atom is 0.573 e. The van der Waals surface area contributed by atoms with Gasteiger partial charge in [-0.15, -0.1) is 36.5 Å². The van der Waals surface area contributed by atoms with E-state index in [9.17, 15) is 26.3 Å². The first-order chi connectivity index (χ1) is 20.4. The zero-order valence-electron chi connectivity index (χ0n) is 22.3. The fourth-order valence-electron chi connectivity index (χ4n) is 4.10. The van der Waals surface area contributed by atoms with Gasteiger partial charge in [0, 0.05) is 17.9 Å². The number of alkyl halides is 6. The number of aromatic nitrogens is 3. The molecule has 0 radical (unpaired) electrons. The number of benzene rings is 3. The van der Waals surface area contributed by atoms with Crippen molar-refractivity contribution in [2.24, 2.45) is 16.1 Å². The van der Waals surface area contributed by atoms with Crippen molar-refractivity contribution < 1.29 is 35.8 Å². The summed E-state index contributed by atoms with van der Waals surface area (Å²) in [7, 11) is 0. The summed E-state index contributed by atoms with van der Waals surface area (Å²) in [5.74, 6) is 0.651. The Bertz CT molecular complexity index is 1600. The molecule has 1 aliphatic heterocycles. The van der Waals surface area contributed by atoms with Crippen molar-refractivity contribution in [3.8, 4) is 28.6 Å². The molecule has 5 rings (SSSR count). The van der Waals surface area contributed by atoms with Gasteiger partial charge in [0.05, 0.1) is 17.6 Å². The summed E-state index contributed by atoms with van der Waals surface area (Å²) >= 11 is 1.39. The minimum atomic E-state index is -4.83. The minimum Gasteiger partial charge on any atom is -0.406 e. The van der Waals surface area contributed by atoms with Crippen LogP contribution in [0.25, 0.3) is 17.1 Å². The number of nitrogens with zero attached hydrogens (tertiary/aromatic N) is 6. The van der Waals surface area contributed by atoms with Gasteiger partial charge < -0.3 is 14.4 Å². The van der Waals surface area contributed by atoms with Crippen LogP contribution in [0.3, 0.4) is 0 Å². The lowest BCUT2D eigenvalue weighted by atomic mass is 10.1. The average Bonchev–Trinajstić information content (AvgIpc) is 3.44. The molecule has 224 valence electrons. The predicted molar refractivity (Wildman–Crippen MR) is 151 cm³/mol. The Kier molecular flexibility index (Phi) is 8.62. The van der Waals surface area contributed by atoms with Crippen molar-refractivity contribution in [1.29, 1.82) is 0 Å². The van der Waals surface area contributed by atoms with Crippen molar-refractivity contribution in [3.05, 3.63) is 84.7 Å². The van der Waals surface area contributed by atoms with Crippen LogP contribution in [0.2, 0.25) is 0 Å². The van der Waals surface area contributed by atoms with Gasteiger partial charge in [-0.1, -0.05) is 55.1 Å². The first-order valence-electron chi connectivity index (χ1n) is 12.7. The number of ether oxygens (including phenoxy) is 2. The molecule has 1 unspecified atom stereocenters. The topological polar surface area (TPSA) is 77.1 Å². The normalized spacial score (nSPS) is 17.0. The van der Waals surface area contributed by atoms with Gasteiger partial charge in [-0.2, -0.15) is 5.10 Å². The van der Waals surface area contributed by atoms with Gasteiger partial charge in [-0.25, -0.2) is 9.67 Å². The van der Waals surface area contributed by atoms with E-state index < -0.39 is 12.7 Å². The van der Waals surface area contributed by atoms with Crippen molar-refractivity contribution in [2.45, 2.75) is 19.6 Å². The Morgan fingerprint density at radius 2 is 1.60 bits per heavy atom. The van der Waals surface area contributed by atoms with Crippen LogP contribution >= 0.6 is 11.8 Å². The van der Waals surface area contributed by atoms with E-state index in [1.807, 2.05) is 6.92 Å². The van der Waals surface area contributed by atoms with Crippen LogP contribution in [0.5, 0.6) is 11.5 Å². The molecule has 2 heterocycles. The van der Waals surface area contributed by atoms with Gasteiger partial charge in [-0.05, 0) is 47.9 Å². The van der Waals surface area contributed by atoms with Crippen LogP contribution in [0, 0.1) is 5.92 Å². The molecule has 0 amide bonds. The summed E-state index contributed by atoms with van der Waals surface area (Å²) in [4.78, 5) is 5.93. The molecule has 0 aliphatic carbocycles. The number of amidine groups is 1.